The predicted molar refractivity (Wildman–Crippen MR) is 130 cm³/mol. The monoisotopic (exact) mass is 443 g/mol. The van der Waals surface area contributed by atoms with Crippen LogP contribution in [0.25, 0.3) is 32.2 Å². The average Bonchev–Trinajstić information content (AvgIpc) is 3.16. The van der Waals surface area contributed by atoms with Crippen molar-refractivity contribution in [2.24, 2.45) is 0 Å². The Morgan fingerprint density at radius 2 is 1.84 bits per heavy atom. The van der Waals surface area contributed by atoms with Gasteiger partial charge in [0.25, 0.3) is 5.91 Å². The number of hydrogen-bond donors (Lipinski definition) is 2. The molecule has 6 heteroatoms. The van der Waals surface area contributed by atoms with Crippen molar-refractivity contribution in [3.63, 3.8) is 0 Å². The number of aromatic nitrogens is 1. The van der Waals surface area contributed by atoms with Gasteiger partial charge in [0.1, 0.15) is 11.5 Å². The summed E-state index contributed by atoms with van der Waals surface area (Å²) >= 11 is 1.48. The van der Waals surface area contributed by atoms with Crippen molar-refractivity contribution in [2.45, 2.75) is 31.7 Å². The lowest BCUT2D eigenvalue weighted by atomic mass is 9.89. The van der Waals surface area contributed by atoms with E-state index in [2.05, 4.69) is 47.0 Å². The number of carbonyl (C=O) groups is 1. The minimum absolute atomic E-state index is 0.00954. The molecule has 0 aliphatic carbocycles. The van der Waals surface area contributed by atoms with Gasteiger partial charge >= 0.3 is 0 Å². The summed E-state index contributed by atoms with van der Waals surface area (Å²) in [6.07, 6.45) is 2.40. The molecule has 162 valence electrons. The van der Waals surface area contributed by atoms with Gasteiger partial charge in [0.05, 0.1) is 17.3 Å². The van der Waals surface area contributed by atoms with Crippen LogP contribution in [0.1, 0.15) is 40.9 Å². The maximum atomic E-state index is 12.6. The van der Waals surface area contributed by atoms with E-state index in [0.717, 1.165) is 45.3 Å². The number of rotatable bonds is 2. The second kappa shape index (κ2) is 7.87. The Kier molecular flexibility index (Phi) is 4.85. The molecule has 0 bridgehead atoms. The number of nitrogens with one attached hydrogen (secondary N) is 2. The Morgan fingerprint density at radius 1 is 1.03 bits per heavy atom. The van der Waals surface area contributed by atoms with Gasteiger partial charge < -0.3 is 15.4 Å². The molecule has 2 N–H and O–H groups in total. The number of pyridine rings is 1. The molecule has 2 aliphatic heterocycles. The predicted octanol–water partition coefficient (Wildman–Crippen LogP) is 5.09. The van der Waals surface area contributed by atoms with Gasteiger partial charge in [-0.15, -0.1) is 11.3 Å². The molecule has 4 aromatic rings. The molecule has 1 fully saturated rings. The van der Waals surface area contributed by atoms with Crippen molar-refractivity contribution in [3.8, 4) is 17.0 Å². The lowest BCUT2D eigenvalue weighted by Crippen LogP contribution is -2.33. The molecule has 0 saturated carbocycles. The Bertz CT molecular complexity index is 1320. The van der Waals surface area contributed by atoms with Crippen LogP contribution in [0.2, 0.25) is 0 Å². The summed E-state index contributed by atoms with van der Waals surface area (Å²) in [5.41, 5.74) is 4.42. The summed E-state index contributed by atoms with van der Waals surface area (Å²) in [6, 6.07) is 17.2. The Morgan fingerprint density at radius 3 is 2.66 bits per heavy atom. The van der Waals surface area contributed by atoms with Crippen molar-refractivity contribution in [1.29, 1.82) is 0 Å². The molecule has 0 spiro atoms. The van der Waals surface area contributed by atoms with E-state index < -0.39 is 0 Å². The minimum atomic E-state index is -0.0576. The van der Waals surface area contributed by atoms with Crippen molar-refractivity contribution in [3.05, 3.63) is 59.0 Å². The smallest absolute Gasteiger partial charge is 0.265 e. The zero-order valence-corrected chi connectivity index (χ0v) is 18.8. The maximum Gasteiger partial charge on any atom is 0.265 e. The van der Waals surface area contributed by atoms with E-state index in [9.17, 15) is 4.79 Å². The summed E-state index contributed by atoms with van der Waals surface area (Å²) in [4.78, 5) is 18.2. The fourth-order valence-electron chi connectivity index (χ4n) is 4.84. The van der Waals surface area contributed by atoms with Crippen LogP contribution in [0.3, 0.4) is 0 Å². The van der Waals surface area contributed by atoms with E-state index in [0.29, 0.717) is 23.2 Å². The first-order valence-corrected chi connectivity index (χ1v) is 12.1. The lowest BCUT2D eigenvalue weighted by molar-refractivity contribution is 0.0946. The molecule has 1 atom stereocenters. The fourth-order valence-corrected chi connectivity index (χ4v) is 5.91. The first-order chi connectivity index (χ1) is 15.7. The Balaban J connectivity index is 1.39. The molecule has 0 unspecified atom stereocenters. The second-order valence-electron chi connectivity index (χ2n) is 8.79. The van der Waals surface area contributed by atoms with E-state index in [-0.39, 0.29) is 11.9 Å². The van der Waals surface area contributed by atoms with Crippen LogP contribution in [-0.2, 0) is 0 Å². The van der Waals surface area contributed by atoms with E-state index in [1.807, 2.05) is 19.1 Å². The summed E-state index contributed by atoms with van der Waals surface area (Å²) in [5.74, 6) is 1.29. The summed E-state index contributed by atoms with van der Waals surface area (Å²) in [5, 5.41) is 8.45. The van der Waals surface area contributed by atoms with Gasteiger partial charge in [0.2, 0.25) is 0 Å². The molecule has 6 rings (SSSR count). The van der Waals surface area contributed by atoms with Crippen molar-refractivity contribution in [2.75, 3.05) is 19.7 Å². The van der Waals surface area contributed by atoms with Gasteiger partial charge in [-0.2, -0.15) is 0 Å². The molecule has 2 aromatic carbocycles. The van der Waals surface area contributed by atoms with Crippen molar-refractivity contribution >= 4 is 38.2 Å². The maximum absolute atomic E-state index is 12.6. The van der Waals surface area contributed by atoms with Crippen LogP contribution in [-0.4, -0.2) is 36.6 Å². The first kappa shape index (κ1) is 19.7. The van der Waals surface area contributed by atoms with Crippen LogP contribution < -0.4 is 15.4 Å². The zero-order valence-electron chi connectivity index (χ0n) is 18.0. The lowest BCUT2D eigenvalue weighted by Gasteiger charge is -2.23. The average molecular weight is 444 g/mol. The third-order valence-corrected chi connectivity index (χ3v) is 7.69. The normalized spacial score (nSPS) is 19.4. The highest BCUT2D eigenvalue weighted by atomic mass is 32.1. The van der Waals surface area contributed by atoms with Crippen LogP contribution in [0, 0.1) is 0 Å². The number of nitrogens with zero attached hydrogens (tertiary/aromatic N) is 1. The van der Waals surface area contributed by atoms with Crippen molar-refractivity contribution in [1.82, 2.24) is 15.6 Å². The molecule has 0 radical (unpaired) electrons. The molecule has 2 aliphatic rings. The first-order valence-electron chi connectivity index (χ1n) is 11.3. The molecule has 32 heavy (non-hydrogen) atoms. The van der Waals surface area contributed by atoms with Gasteiger partial charge in [0.15, 0.2) is 5.75 Å². The molecule has 1 saturated heterocycles. The van der Waals surface area contributed by atoms with Crippen LogP contribution >= 0.6 is 11.3 Å². The number of thiophene rings is 1. The highest BCUT2D eigenvalue weighted by Gasteiger charge is 2.26. The summed E-state index contributed by atoms with van der Waals surface area (Å²) in [6.45, 7) is 4.63. The van der Waals surface area contributed by atoms with Gasteiger partial charge in [-0.25, -0.2) is 4.98 Å². The number of carbonyl (C=O) groups excluding carboxylic acids is 1. The van der Waals surface area contributed by atoms with Gasteiger partial charge in [-0.3, -0.25) is 4.79 Å². The SMILES string of the molecule is C[C@@H]1COc2c(sc3ccc4nc(-c5ccc(C6CCNCC6)cc5)ccc4c23)C(=O)N1. The summed E-state index contributed by atoms with van der Waals surface area (Å²) < 4.78 is 7.12. The van der Waals surface area contributed by atoms with Gasteiger partial charge in [-0.05, 0) is 68.6 Å². The molecule has 1 amide bonds. The number of benzene rings is 2. The van der Waals surface area contributed by atoms with Crippen LogP contribution in [0.4, 0.5) is 0 Å². The largest absolute Gasteiger partial charge is 0.489 e. The number of amides is 1. The molecular weight excluding hydrogens is 418 g/mol. The van der Waals surface area contributed by atoms with Crippen LogP contribution in [0.15, 0.2) is 48.5 Å². The number of piperidine rings is 1. The van der Waals surface area contributed by atoms with E-state index >= 15 is 0 Å². The number of ether oxygens (including phenoxy) is 1. The molecule has 4 heterocycles. The topological polar surface area (TPSA) is 63.2 Å². The second-order valence-corrected chi connectivity index (χ2v) is 9.85. The Labute approximate surface area is 190 Å². The highest BCUT2D eigenvalue weighted by Crippen LogP contribution is 2.43. The molecule has 5 nitrogen and oxygen atoms in total. The zero-order chi connectivity index (χ0) is 21.7. The van der Waals surface area contributed by atoms with Gasteiger partial charge in [0, 0.05) is 21.0 Å². The van der Waals surface area contributed by atoms with E-state index in [4.69, 9.17) is 9.72 Å². The van der Waals surface area contributed by atoms with Crippen molar-refractivity contribution < 1.29 is 9.53 Å². The van der Waals surface area contributed by atoms with Crippen LogP contribution in [0.5, 0.6) is 5.75 Å². The van der Waals surface area contributed by atoms with Gasteiger partial charge in [-0.1, -0.05) is 24.3 Å². The molecule has 2 aromatic heterocycles. The number of fused-ring (bicyclic) bond motifs is 5. The quantitative estimate of drug-likeness (QED) is 0.453. The molecular formula is C26H25N3O2S. The third kappa shape index (κ3) is 3.34. The fraction of sp³-hybridized carbons (Fsp3) is 0.308. The standard InChI is InChI=1S/C26H25N3O2S/c1-15-14-31-24-23-19-6-7-20(18-4-2-16(3-5-18)17-10-12-27-13-11-17)29-21(19)8-9-22(23)32-25(24)26(30)28-15/h2-9,15,17,27H,10-14H2,1H3,(H,28,30)/t15-/m1/s1. The third-order valence-electron chi connectivity index (χ3n) is 6.56. The minimum Gasteiger partial charge on any atom is -0.489 e. The number of hydrogen-bond acceptors (Lipinski definition) is 5. The summed E-state index contributed by atoms with van der Waals surface area (Å²) in [7, 11) is 0. The highest BCUT2D eigenvalue weighted by molar-refractivity contribution is 7.21. The van der Waals surface area contributed by atoms with E-state index in [1.165, 1.54) is 29.7 Å². The Hall–Kier alpha value is -2.96. The van der Waals surface area contributed by atoms with E-state index in [1.54, 1.807) is 0 Å².